The average molecular weight is 371 g/mol. The number of aromatic nitrogens is 2. The lowest BCUT2D eigenvalue weighted by Gasteiger charge is -2.11. The first kappa shape index (κ1) is 17.5. The minimum absolute atomic E-state index is 0.536. The second kappa shape index (κ2) is 7.68. The zero-order valence-electron chi connectivity index (χ0n) is 14.1. The summed E-state index contributed by atoms with van der Waals surface area (Å²) in [7, 11) is 0. The molecule has 0 aliphatic heterocycles. The summed E-state index contributed by atoms with van der Waals surface area (Å²) in [6.07, 6.45) is 0. The Balaban J connectivity index is 1.59. The standard InChI is InChI=1S/C19H19ClN4S/c1-13-11-14(2)24(23-13)12-15-3-7-17(8-4-15)21-19(25)22-18-9-5-16(20)6-10-18/h3-11H,12H2,1-2H3,(H2,21,22,25). The van der Waals surface area contributed by atoms with Crippen molar-refractivity contribution in [3.8, 4) is 0 Å². The number of rotatable bonds is 4. The molecule has 1 heterocycles. The fraction of sp³-hybridized carbons (Fsp3) is 0.158. The number of thiocarbonyl (C=S) groups is 1. The van der Waals surface area contributed by atoms with Gasteiger partial charge in [0.2, 0.25) is 0 Å². The van der Waals surface area contributed by atoms with Crippen molar-refractivity contribution in [1.82, 2.24) is 9.78 Å². The number of anilines is 2. The number of nitrogens with zero attached hydrogens (tertiary/aromatic N) is 2. The first-order valence-corrected chi connectivity index (χ1v) is 8.72. The number of nitrogens with one attached hydrogen (secondary N) is 2. The number of aryl methyl sites for hydroxylation is 2. The van der Waals surface area contributed by atoms with E-state index in [0.717, 1.165) is 29.3 Å². The van der Waals surface area contributed by atoms with Gasteiger partial charge in [0.15, 0.2) is 5.11 Å². The van der Waals surface area contributed by atoms with Crippen LogP contribution in [0.2, 0.25) is 5.02 Å². The van der Waals surface area contributed by atoms with Crippen LogP contribution in [0.4, 0.5) is 11.4 Å². The maximum Gasteiger partial charge on any atom is 0.175 e. The Morgan fingerprint density at radius 2 is 1.56 bits per heavy atom. The molecule has 4 nitrogen and oxygen atoms in total. The van der Waals surface area contributed by atoms with Gasteiger partial charge in [-0.2, -0.15) is 5.10 Å². The lowest BCUT2D eigenvalue weighted by molar-refractivity contribution is 0.659. The van der Waals surface area contributed by atoms with E-state index in [1.54, 1.807) is 0 Å². The highest BCUT2D eigenvalue weighted by atomic mass is 35.5. The van der Waals surface area contributed by atoms with Gasteiger partial charge in [0, 0.05) is 22.1 Å². The monoisotopic (exact) mass is 370 g/mol. The van der Waals surface area contributed by atoms with Crippen LogP contribution in [-0.2, 0) is 6.54 Å². The van der Waals surface area contributed by atoms with Crippen molar-refractivity contribution < 1.29 is 0 Å². The Labute approximate surface area is 157 Å². The molecule has 25 heavy (non-hydrogen) atoms. The predicted molar refractivity (Wildman–Crippen MR) is 109 cm³/mol. The maximum atomic E-state index is 5.88. The summed E-state index contributed by atoms with van der Waals surface area (Å²) in [4.78, 5) is 0. The van der Waals surface area contributed by atoms with Crippen LogP contribution in [0, 0.1) is 13.8 Å². The smallest absolute Gasteiger partial charge is 0.175 e. The highest BCUT2D eigenvalue weighted by Gasteiger charge is 2.03. The van der Waals surface area contributed by atoms with Crippen LogP contribution in [0.1, 0.15) is 17.0 Å². The molecular formula is C19H19ClN4S. The van der Waals surface area contributed by atoms with E-state index in [1.165, 1.54) is 5.56 Å². The van der Waals surface area contributed by atoms with Crippen molar-refractivity contribution in [3.05, 3.63) is 76.6 Å². The first-order chi connectivity index (χ1) is 12.0. The SMILES string of the molecule is Cc1cc(C)n(Cc2ccc(NC(=S)Nc3ccc(Cl)cc3)cc2)n1. The van der Waals surface area contributed by atoms with Gasteiger partial charge in [-0.25, -0.2) is 0 Å². The van der Waals surface area contributed by atoms with Gasteiger partial charge < -0.3 is 10.6 Å². The fourth-order valence-corrected chi connectivity index (χ4v) is 2.89. The molecule has 1 aromatic heterocycles. The quantitative estimate of drug-likeness (QED) is 0.633. The molecule has 0 aliphatic rings. The summed E-state index contributed by atoms with van der Waals surface area (Å²) in [5, 5.41) is 12.0. The van der Waals surface area contributed by atoms with Crippen molar-refractivity contribution in [1.29, 1.82) is 0 Å². The average Bonchev–Trinajstić information content (AvgIpc) is 2.89. The molecule has 2 N–H and O–H groups in total. The van der Waals surface area contributed by atoms with Crippen molar-refractivity contribution in [2.24, 2.45) is 0 Å². The van der Waals surface area contributed by atoms with E-state index in [2.05, 4.69) is 40.9 Å². The Kier molecular flexibility index (Phi) is 5.36. The van der Waals surface area contributed by atoms with E-state index in [0.29, 0.717) is 10.1 Å². The first-order valence-electron chi connectivity index (χ1n) is 7.93. The lowest BCUT2D eigenvalue weighted by Crippen LogP contribution is -2.19. The molecule has 0 radical (unpaired) electrons. The van der Waals surface area contributed by atoms with E-state index in [1.807, 2.05) is 48.0 Å². The number of benzene rings is 2. The lowest BCUT2D eigenvalue weighted by atomic mass is 10.2. The fourth-order valence-electron chi connectivity index (χ4n) is 2.53. The van der Waals surface area contributed by atoms with E-state index < -0.39 is 0 Å². The Morgan fingerprint density at radius 3 is 2.08 bits per heavy atom. The highest BCUT2D eigenvalue weighted by Crippen LogP contribution is 2.15. The summed E-state index contributed by atoms with van der Waals surface area (Å²) in [6, 6.07) is 17.7. The van der Waals surface area contributed by atoms with Crippen LogP contribution in [0.5, 0.6) is 0 Å². The van der Waals surface area contributed by atoms with Crippen LogP contribution in [0.3, 0.4) is 0 Å². The third-order valence-corrected chi connectivity index (χ3v) is 4.21. The summed E-state index contributed by atoms with van der Waals surface area (Å²) in [5.41, 5.74) is 5.21. The minimum atomic E-state index is 0.536. The largest absolute Gasteiger partial charge is 0.332 e. The molecule has 0 amide bonds. The molecule has 0 atom stereocenters. The van der Waals surface area contributed by atoms with E-state index in [4.69, 9.17) is 23.8 Å². The van der Waals surface area contributed by atoms with Crippen LogP contribution in [-0.4, -0.2) is 14.9 Å². The molecule has 0 saturated heterocycles. The summed E-state index contributed by atoms with van der Waals surface area (Å²) < 4.78 is 2.00. The van der Waals surface area contributed by atoms with Gasteiger partial charge in [0.25, 0.3) is 0 Å². The van der Waals surface area contributed by atoms with E-state index in [9.17, 15) is 0 Å². The van der Waals surface area contributed by atoms with Crippen LogP contribution in [0.25, 0.3) is 0 Å². The number of halogens is 1. The van der Waals surface area contributed by atoms with Gasteiger partial charge in [-0.3, -0.25) is 4.68 Å². The topological polar surface area (TPSA) is 41.9 Å². The van der Waals surface area contributed by atoms with Gasteiger partial charge in [0.1, 0.15) is 0 Å². The van der Waals surface area contributed by atoms with Crippen LogP contribution < -0.4 is 10.6 Å². The van der Waals surface area contributed by atoms with Gasteiger partial charge in [-0.05, 0) is 74.1 Å². The molecule has 0 bridgehead atoms. The summed E-state index contributed by atoms with van der Waals surface area (Å²) in [5.74, 6) is 0. The molecule has 128 valence electrons. The highest BCUT2D eigenvalue weighted by molar-refractivity contribution is 7.80. The Hall–Kier alpha value is -2.37. The zero-order chi connectivity index (χ0) is 17.8. The predicted octanol–water partition coefficient (Wildman–Crippen LogP) is 5.01. The Morgan fingerprint density at radius 1 is 1.00 bits per heavy atom. The molecule has 0 spiro atoms. The van der Waals surface area contributed by atoms with Gasteiger partial charge in [-0.15, -0.1) is 0 Å². The second-order valence-electron chi connectivity index (χ2n) is 5.87. The maximum absolute atomic E-state index is 5.88. The van der Waals surface area contributed by atoms with E-state index in [-0.39, 0.29) is 0 Å². The molecule has 3 rings (SSSR count). The molecular weight excluding hydrogens is 352 g/mol. The van der Waals surface area contributed by atoms with Gasteiger partial charge >= 0.3 is 0 Å². The number of hydrogen-bond acceptors (Lipinski definition) is 2. The summed E-state index contributed by atoms with van der Waals surface area (Å²) in [6.45, 7) is 4.83. The van der Waals surface area contributed by atoms with Crippen LogP contribution >= 0.6 is 23.8 Å². The third-order valence-electron chi connectivity index (χ3n) is 3.75. The molecule has 0 aliphatic carbocycles. The third kappa shape index (κ3) is 4.81. The van der Waals surface area contributed by atoms with Crippen LogP contribution in [0.15, 0.2) is 54.6 Å². The van der Waals surface area contributed by atoms with Crippen molar-refractivity contribution >= 4 is 40.3 Å². The molecule has 3 aromatic rings. The molecule has 6 heteroatoms. The van der Waals surface area contributed by atoms with E-state index >= 15 is 0 Å². The molecule has 0 saturated carbocycles. The molecule has 2 aromatic carbocycles. The van der Waals surface area contributed by atoms with Gasteiger partial charge in [0.05, 0.1) is 12.2 Å². The van der Waals surface area contributed by atoms with Gasteiger partial charge in [-0.1, -0.05) is 23.7 Å². The van der Waals surface area contributed by atoms with Crippen molar-refractivity contribution in [2.75, 3.05) is 10.6 Å². The zero-order valence-corrected chi connectivity index (χ0v) is 15.7. The van der Waals surface area contributed by atoms with Crippen molar-refractivity contribution in [2.45, 2.75) is 20.4 Å². The normalized spacial score (nSPS) is 10.5. The summed E-state index contributed by atoms with van der Waals surface area (Å²) >= 11 is 11.2. The number of hydrogen-bond donors (Lipinski definition) is 2. The molecule has 0 unspecified atom stereocenters. The minimum Gasteiger partial charge on any atom is -0.332 e. The van der Waals surface area contributed by atoms with Crippen molar-refractivity contribution in [3.63, 3.8) is 0 Å². The molecule has 0 fully saturated rings. The Bertz CT molecular complexity index is 869. The second-order valence-corrected chi connectivity index (χ2v) is 6.71.